The summed E-state index contributed by atoms with van der Waals surface area (Å²) in [5.74, 6) is -0.541. The largest absolute Gasteiger partial charge is 0.451 e. The van der Waals surface area contributed by atoms with Crippen molar-refractivity contribution in [1.29, 1.82) is 5.26 Å². The Kier molecular flexibility index (Phi) is 6.58. The Hall–Kier alpha value is -3.44. The van der Waals surface area contributed by atoms with E-state index in [0.717, 1.165) is 21.4 Å². The third-order valence-electron chi connectivity index (χ3n) is 5.92. The van der Waals surface area contributed by atoms with E-state index in [1.807, 2.05) is 56.3 Å². The van der Waals surface area contributed by atoms with Crippen molar-refractivity contribution in [1.82, 2.24) is 10.6 Å². The first-order valence-electron chi connectivity index (χ1n) is 11.2. The number of rotatable bonds is 8. The van der Waals surface area contributed by atoms with Gasteiger partial charge >= 0.3 is 0 Å². The van der Waals surface area contributed by atoms with E-state index >= 15 is 0 Å². The molecule has 7 nitrogen and oxygen atoms in total. The monoisotopic (exact) mass is 477 g/mol. The van der Waals surface area contributed by atoms with Crippen LogP contribution < -0.4 is 10.6 Å². The molecular formula is C26H27N3O4S. The van der Waals surface area contributed by atoms with Crippen molar-refractivity contribution < 1.29 is 18.2 Å². The molecule has 1 fully saturated rings. The third-order valence-corrected chi connectivity index (χ3v) is 6.85. The van der Waals surface area contributed by atoms with Gasteiger partial charge in [-0.3, -0.25) is 13.8 Å². The minimum Gasteiger partial charge on any atom is -0.451 e. The third kappa shape index (κ3) is 5.20. The molecule has 176 valence electrons. The van der Waals surface area contributed by atoms with E-state index < -0.39 is 28.3 Å². The van der Waals surface area contributed by atoms with Gasteiger partial charge in [0.25, 0.3) is 5.91 Å². The van der Waals surface area contributed by atoms with Crippen LogP contribution in [0.3, 0.4) is 0 Å². The highest BCUT2D eigenvalue weighted by molar-refractivity contribution is 7.84. The summed E-state index contributed by atoms with van der Waals surface area (Å²) in [5, 5.41) is 15.6. The first-order chi connectivity index (χ1) is 16.2. The Morgan fingerprint density at radius 3 is 2.38 bits per heavy atom. The summed E-state index contributed by atoms with van der Waals surface area (Å²) in [7, 11) is -1.04. The van der Waals surface area contributed by atoms with Crippen LogP contribution in [-0.2, 0) is 15.6 Å². The number of furan rings is 1. The van der Waals surface area contributed by atoms with Crippen molar-refractivity contribution in [3.8, 4) is 17.2 Å². The molecule has 0 aliphatic heterocycles. The molecular weight excluding hydrogens is 450 g/mol. The van der Waals surface area contributed by atoms with Crippen molar-refractivity contribution in [2.45, 2.75) is 49.6 Å². The number of carbonyl (C=O) groups excluding carboxylic acids is 2. The van der Waals surface area contributed by atoms with Gasteiger partial charge in [0.05, 0.1) is 6.07 Å². The second kappa shape index (κ2) is 9.43. The molecule has 2 amide bonds. The van der Waals surface area contributed by atoms with Crippen molar-refractivity contribution in [2.75, 3.05) is 6.26 Å². The van der Waals surface area contributed by atoms with Crippen LogP contribution in [0.2, 0.25) is 0 Å². The molecule has 0 bridgehead atoms. The Bertz CT molecular complexity index is 1300. The summed E-state index contributed by atoms with van der Waals surface area (Å²) in [6.07, 6.45) is 3.34. The fourth-order valence-corrected chi connectivity index (χ4v) is 4.33. The summed E-state index contributed by atoms with van der Waals surface area (Å²) in [6, 6.07) is 16.2. The highest BCUT2D eigenvalue weighted by atomic mass is 32.2. The molecule has 34 heavy (non-hydrogen) atoms. The van der Waals surface area contributed by atoms with Crippen LogP contribution in [0, 0.1) is 17.2 Å². The average molecular weight is 478 g/mol. The van der Waals surface area contributed by atoms with E-state index in [-0.39, 0.29) is 17.6 Å². The molecule has 8 heteroatoms. The zero-order valence-electron chi connectivity index (χ0n) is 19.4. The van der Waals surface area contributed by atoms with Gasteiger partial charge in [0.1, 0.15) is 17.2 Å². The number of nitriles is 1. The molecule has 2 aromatic carbocycles. The van der Waals surface area contributed by atoms with Crippen molar-refractivity contribution >= 4 is 33.6 Å². The van der Waals surface area contributed by atoms with E-state index in [1.54, 1.807) is 12.3 Å². The van der Waals surface area contributed by atoms with Crippen molar-refractivity contribution in [3.63, 3.8) is 0 Å². The first kappa shape index (κ1) is 23.7. The molecule has 2 unspecified atom stereocenters. The zero-order chi connectivity index (χ0) is 24.5. The first-order valence-corrected chi connectivity index (χ1v) is 12.8. The van der Waals surface area contributed by atoms with Crippen LogP contribution in [-0.4, -0.2) is 33.9 Å². The summed E-state index contributed by atoms with van der Waals surface area (Å²) in [4.78, 5) is 26.5. The lowest BCUT2D eigenvalue weighted by atomic mass is 10.0. The second-order valence-corrected chi connectivity index (χ2v) is 10.6. The van der Waals surface area contributed by atoms with E-state index in [4.69, 9.17) is 4.42 Å². The Morgan fingerprint density at radius 1 is 1.12 bits per heavy atom. The number of nitrogens with zero attached hydrogens (tertiary/aromatic N) is 1. The fraction of sp³-hybridized carbons (Fsp3) is 0.346. The van der Waals surface area contributed by atoms with Gasteiger partial charge in [-0.1, -0.05) is 38.1 Å². The number of nitrogens with one attached hydrogen (secondary N) is 2. The molecule has 3 aromatic rings. The summed E-state index contributed by atoms with van der Waals surface area (Å²) >= 11 is 0. The number of hydrogen-bond donors (Lipinski definition) is 2. The number of hydrogen-bond acceptors (Lipinski definition) is 5. The van der Waals surface area contributed by atoms with E-state index in [9.17, 15) is 19.1 Å². The molecule has 0 radical (unpaired) electrons. The molecule has 1 saturated carbocycles. The average Bonchev–Trinajstić information content (AvgIpc) is 3.45. The van der Waals surface area contributed by atoms with Crippen LogP contribution in [0.15, 0.2) is 57.8 Å². The lowest BCUT2D eigenvalue weighted by Gasteiger charge is -2.21. The fourth-order valence-electron chi connectivity index (χ4n) is 3.81. The minimum absolute atomic E-state index is 0.117. The molecule has 2 atom stereocenters. The molecule has 4 rings (SSSR count). The Labute approximate surface area is 201 Å². The van der Waals surface area contributed by atoms with Crippen LogP contribution in [0.5, 0.6) is 0 Å². The maximum atomic E-state index is 12.9. The molecule has 2 N–H and O–H groups in total. The lowest BCUT2D eigenvalue weighted by molar-refractivity contribution is -0.123. The standard InChI is InChI=1S/C26H27N3O4S/c1-16(2)12-21(24(30)29-26(15-27)10-11-26)28-25(31)23-14-19-5-4-18(13-22(19)33-23)17-6-8-20(9-7-17)34(3)32/h4-9,13-14,16,21H,10-12H2,1-3H3,(H,28,31)(H,29,30). The van der Waals surface area contributed by atoms with Crippen LogP contribution >= 0.6 is 0 Å². The Morgan fingerprint density at radius 2 is 1.79 bits per heavy atom. The minimum atomic E-state index is -1.04. The zero-order valence-corrected chi connectivity index (χ0v) is 20.2. The van der Waals surface area contributed by atoms with E-state index in [0.29, 0.717) is 24.8 Å². The van der Waals surface area contributed by atoms with Crippen molar-refractivity contribution in [3.05, 3.63) is 54.3 Å². The molecule has 1 aliphatic carbocycles. The topological polar surface area (TPSA) is 112 Å². The van der Waals surface area contributed by atoms with Gasteiger partial charge in [-0.05, 0) is 60.6 Å². The summed E-state index contributed by atoms with van der Waals surface area (Å²) < 4.78 is 17.4. The van der Waals surface area contributed by atoms with Gasteiger partial charge in [0, 0.05) is 27.3 Å². The SMILES string of the molecule is CC(C)CC(NC(=O)c1cc2ccc(-c3ccc(S(C)=O)cc3)cc2o1)C(=O)NC1(C#N)CC1. The smallest absolute Gasteiger partial charge is 0.287 e. The van der Waals surface area contributed by atoms with Gasteiger partial charge in [-0.2, -0.15) is 5.26 Å². The Balaban J connectivity index is 1.52. The predicted octanol–water partition coefficient (Wildman–Crippen LogP) is 4.15. The maximum absolute atomic E-state index is 12.9. The molecule has 1 heterocycles. The number of carbonyl (C=O) groups is 2. The molecule has 0 spiro atoms. The van der Waals surface area contributed by atoms with E-state index in [2.05, 4.69) is 16.7 Å². The highest BCUT2D eigenvalue weighted by Gasteiger charge is 2.45. The maximum Gasteiger partial charge on any atom is 0.287 e. The number of amides is 2. The molecule has 1 aromatic heterocycles. The van der Waals surface area contributed by atoms with Gasteiger partial charge in [0.15, 0.2) is 5.76 Å². The lowest BCUT2D eigenvalue weighted by Crippen LogP contribution is -2.50. The van der Waals surface area contributed by atoms with Gasteiger partial charge in [-0.25, -0.2) is 0 Å². The van der Waals surface area contributed by atoms with Crippen molar-refractivity contribution in [2.24, 2.45) is 5.92 Å². The quantitative estimate of drug-likeness (QED) is 0.506. The predicted molar refractivity (Wildman–Crippen MR) is 130 cm³/mol. The van der Waals surface area contributed by atoms with Crippen LogP contribution in [0.1, 0.15) is 43.7 Å². The van der Waals surface area contributed by atoms with E-state index in [1.165, 1.54) is 0 Å². The number of benzene rings is 2. The molecule has 0 saturated heterocycles. The summed E-state index contributed by atoms with van der Waals surface area (Å²) in [6.45, 7) is 3.94. The molecule has 1 aliphatic rings. The summed E-state index contributed by atoms with van der Waals surface area (Å²) in [5.41, 5.74) is 1.61. The normalized spacial score (nSPS) is 16.0. The van der Waals surface area contributed by atoms with Crippen LogP contribution in [0.4, 0.5) is 0 Å². The van der Waals surface area contributed by atoms with Crippen LogP contribution in [0.25, 0.3) is 22.1 Å². The van der Waals surface area contributed by atoms with Gasteiger partial charge in [-0.15, -0.1) is 0 Å². The highest BCUT2D eigenvalue weighted by Crippen LogP contribution is 2.34. The number of fused-ring (bicyclic) bond motifs is 1. The second-order valence-electron chi connectivity index (χ2n) is 9.18. The van der Waals surface area contributed by atoms with Gasteiger partial charge in [0.2, 0.25) is 5.91 Å². The van der Waals surface area contributed by atoms with Gasteiger partial charge < -0.3 is 15.1 Å².